The van der Waals surface area contributed by atoms with E-state index in [-0.39, 0.29) is 17.7 Å². The molecule has 0 aromatic carbocycles. The smallest absolute Gasteiger partial charge is 0.351 e. The van der Waals surface area contributed by atoms with Gasteiger partial charge in [0.2, 0.25) is 0 Å². The van der Waals surface area contributed by atoms with Gasteiger partial charge in [-0.25, -0.2) is 9.18 Å². The lowest BCUT2D eigenvalue weighted by molar-refractivity contribution is -0.0527. The van der Waals surface area contributed by atoms with Crippen molar-refractivity contribution in [2.45, 2.75) is 18.4 Å². The summed E-state index contributed by atoms with van der Waals surface area (Å²) in [5, 5.41) is 19.1. The standard InChI is InChI=1S/C12H13BrFN3O4/c13-2-1-6-4-17(12(20)16-10(6)15)11-9(19)7(3-14)8(5-18)21-11/h1-4,8-9,11,18-19H,5H2,(H2,15,16,20)/b2-1+,7-3-. The van der Waals surface area contributed by atoms with Gasteiger partial charge >= 0.3 is 5.69 Å². The molecule has 1 aromatic heterocycles. The van der Waals surface area contributed by atoms with Crippen LogP contribution in [0.3, 0.4) is 0 Å². The van der Waals surface area contributed by atoms with Gasteiger partial charge in [0.25, 0.3) is 0 Å². The molecule has 0 aliphatic carbocycles. The lowest BCUT2D eigenvalue weighted by Gasteiger charge is -2.17. The summed E-state index contributed by atoms with van der Waals surface area (Å²) in [5.41, 5.74) is 5.14. The van der Waals surface area contributed by atoms with E-state index in [9.17, 15) is 14.3 Å². The molecule has 1 aromatic rings. The van der Waals surface area contributed by atoms with Crippen LogP contribution in [0.15, 0.2) is 27.9 Å². The van der Waals surface area contributed by atoms with Crippen molar-refractivity contribution >= 4 is 27.8 Å². The minimum absolute atomic E-state index is 0.0133. The van der Waals surface area contributed by atoms with E-state index < -0.39 is 30.7 Å². The van der Waals surface area contributed by atoms with Crippen LogP contribution in [0.1, 0.15) is 11.8 Å². The number of nitrogens with zero attached hydrogens (tertiary/aromatic N) is 2. The highest BCUT2D eigenvalue weighted by molar-refractivity contribution is 9.11. The van der Waals surface area contributed by atoms with Gasteiger partial charge in [-0.15, -0.1) is 0 Å². The van der Waals surface area contributed by atoms with Gasteiger partial charge in [-0.05, 0) is 11.1 Å². The molecule has 1 aliphatic rings. The molecule has 1 fully saturated rings. The van der Waals surface area contributed by atoms with Crippen molar-refractivity contribution in [1.82, 2.24) is 9.55 Å². The molecule has 3 unspecified atom stereocenters. The third-order valence-corrected chi connectivity index (χ3v) is 3.37. The lowest BCUT2D eigenvalue weighted by atomic mass is 10.1. The summed E-state index contributed by atoms with van der Waals surface area (Å²) in [6.45, 7) is -0.519. The van der Waals surface area contributed by atoms with Crippen molar-refractivity contribution in [1.29, 1.82) is 0 Å². The number of nitrogens with two attached hydrogens (primary N) is 1. The highest BCUT2D eigenvalue weighted by Gasteiger charge is 2.40. The fraction of sp³-hybridized carbons (Fsp3) is 0.333. The normalized spacial score (nSPS) is 27.8. The second-order valence-electron chi connectivity index (χ2n) is 4.32. The second-order valence-corrected chi connectivity index (χ2v) is 4.84. The van der Waals surface area contributed by atoms with Crippen molar-refractivity contribution in [3.63, 3.8) is 0 Å². The Kier molecular flexibility index (Phi) is 4.88. The molecular formula is C12H13BrFN3O4. The zero-order valence-electron chi connectivity index (χ0n) is 10.7. The summed E-state index contributed by atoms with van der Waals surface area (Å²) in [5.74, 6) is 0.0133. The largest absolute Gasteiger partial charge is 0.393 e. The van der Waals surface area contributed by atoms with E-state index in [4.69, 9.17) is 15.6 Å². The molecule has 2 heterocycles. The second kappa shape index (κ2) is 6.48. The number of nitrogen functional groups attached to an aromatic ring is 1. The van der Waals surface area contributed by atoms with Crippen LogP contribution in [-0.4, -0.2) is 38.6 Å². The SMILES string of the molecule is Nc1nc(=O)n(C2OC(CO)/C(=C/F)C2O)cc1/C=C/Br. The summed E-state index contributed by atoms with van der Waals surface area (Å²) in [4.78, 5) is 17.0. The van der Waals surface area contributed by atoms with E-state index in [0.717, 1.165) is 4.57 Å². The third kappa shape index (κ3) is 2.91. The topological polar surface area (TPSA) is 111 Å². The van der Waals surface area contributed by atoms with Gasteiger partial charge in [-0.1, -0.05) is 15.9 Å². The van der Waals surface area contributed by atoms with Crippen molar-refractivity contribution in [2.75, 3.05) is 12.3 Å². The van der Waals surface area contributed by atoms with Crippen LogP contribution < -0.4 is 11.4 Å². The fourth-order valence-corrected chi connectivity index (χ4v) is 2.34. The molecule has 1 aliphatic heterocycles. The molecule has 3 atom stereocenters. The Morgan fingerprint density at radius 1 is 1.62 bits per heavy atom. The van der Waals surface area contributed by atoms with Crippen LogP contribution in [0.25, 0.3) is 6.08 Å². The van der Waals surface area contributed by atoms with E-state index >= 15 is 0 Å². The quantitative estimate of drug-likeness (QED) is 0.713. The van der Waals surface area contributed by atoms with Crippen LogP contribution in [0.4, 0.5) is 10.2 Å². The van der Waals surface area contributed by atoms with Crippen LogP contribution >= 0.6 is 15.9 Å². The molecule has 7 nitrogen and oxygen atoms in total. The maximum Gasteiger partial charge on any atom is 0.351 e. The highest BCUT2D eigenvalue weighted by Crippen LogP contribution is 2.33. The van der Waals surface area contributed by atoms with E-state index in [1.807, 2.05) is 0 Å². The summed E-state index contributed by atoms with van der Waals surface area (Å²) >= 11 is 3.08. The number of ether oxygens (including phenoxy) is 1. The Morgan fingerprint density at radius 2 is 2.33 bits per heavy atom. The first-order chi connectivity index (χ1) is 10.0. The van der Waals surface area contributed by atoms with Gasteiger partial charge in [0.15, 0.2) is 6.23 Å². The molecule has 4 N–H and O–H groups in total. The number of halogens is 2. The highest BCUT2D eigenvalue weighted by atomic mass is 79.9. The fourth-order valence-electron chi connectivity index (χ4n) is 2.05. The molecule has 0 radical (unpaired) electrons. The Labute approximate surface area is 127 Å². The van der Waals surface area contributed by atoms with Crippen LogP contribution in [0.2, 0.25) is 0 Å². The van der Waals surface area contributed by atoms with Gasteiger partial charge in [-0.3, -0.25) is 4.57 Å². The Hall–Kier alpha value is -1.55. The van der Waals surface area contributed by atoms with Crippen LogP contribution in [-0.2, 0) is 4.74 Å². The number of anilines is 1. The number of aromatic nitrogens is 2. The van der Waals surface area contributed by atoms with E-state index in [2.05, 4.69) is 20.9 Å². The van der Waals surface area contributed by atoms with Gasteiger partial charge < -0.3 is 20.7 Å². The Bertz CT molecular complexity index is 646. The average molecular weight is 362 g/mol. The minimum Gasteiger partial charge on any atom is -0.393 e. The third-order valence-electron chi connectivity index (χ3n) is 3.11. The molecule has 0 saturated carbocycles. The number of aliphatic hydroxyl groups excluding tert-OH is 2. The molecule has 0 bridgehead atoms. The first kappa shape index (κ1) is 15.8. The lowest BCUT2D eigenvalue weighted by Crippen LogP contribution is -2.32. The van der Waals surface area contributed by atoms with Gasteiger partial charge in [-0.2, -0.15) is 4.98 Å². The zero-order valence-corrected chi connectivity index (χ0v) is 12.3. The van der Waals surface area contributed by atoms with Crippen LogP contribution in [0, 0.1) is 0 Å². The molecular weight excluding hydrogens is 349 g/mol. The van der Waals surface area contributed by atoms with E-state index in [0.29, 0.717) is 5.56 Å². The van der Waals surface area contributed by atoms with E-state index in [1.54, 1.807) is 6.08 Å². The zero-order chi connectivity index (χ0) is 15.6. The predicted molar refractivity (Wildman–Crippen MR) is 77.1 cm³/mol. The van der Waals surface area contributed by atoms with Gasteiger partial charge in [0, 0.05) is 17.3 Å². The summed E-state index contributed by atoms with van der Waals surface area (Å²) in [6.07, 6.45) is -0.556. The minimum atomic E-state index is -1.41. The first-order valence-corrected chi connectivity index (χ1v) is 6.85. The molecule has 0 amide bonds. The summed E-state index contributed by atoms with van der Waals surface area (Å²) in [7, 11) is 0. The summed E-state index contributed by atoms with van der Waals surface area (Å²) in [6, 6.07) is 0. The molecule has 114 valence electrons. The van der Waals surface area contributed by atoms with Crippen LogP contribution in [0.5, 0.6) is 0 Å². The van der Waals surface area contributed by atoms with E-state index in [1.165, 1.54) is 11.2 Å². The van der Waals surface area contributed by atoms with Crippen molar-refractivity contribution in [3.8, 4) is 0 Å². The van der Waals surface area contributed by atoms with Crippen molar-refractivity contribution < 1.29 is 19.3 Å². The number of hydrogen-bond donors (Lipinski definition) is 3. The Morgan fingerprint density at radius 3 is 2.86 bits per heavy atom. The molecule has 1 saturated heterocycles. The first-order valence-electron chi connectivity index (χ1n) is 5.93. The summed E-state index contributed by atoms with van der Waals surface area (Å²) < 4.78 is 19.1. The maximum atomic E-state index is 12.8. The van der Waals surface area contributed by atoms with Crippen molar-refractivity contribution in [3.05, 3.63) is 39.1 Å². The monoisotopic (exact) mass is 361 g/mol. The van der Waals surface area contributed by atoms with Gasteiger partial charge in [0.1, 0.15) is 18.0 Å². The Balaban J connectivity index is 2.47. The number of aliphatic hydroxyl groups is 2. The molecule has 21 heavy (non-hydrogen) atoms. The number of rotatable bonds is 3. The molecule has 2 rings (SSSR count). The molecule has 0 spiro atoms. The number of hydrogen-bond acceptors (Lipinski definition) is 6. The predicted octanol–water partition coefficient (Wildman–Crippen LogP) is 0.295. The van der Waals surface area contributed by atoms with Crippen molar-refractivity contribution in [2.24, 2.45) is 0 Å². The maximum absolute atomic E-state index is 12.8. The van der Waals surface area contributed by atoms with Gasteiger partial charge in [0.05, 0.1) is 12.9 Å². The molecule has 9 heteroatoms. The average Bonchev–Trinajstić information content (AvgIpc) is 2.78.